The standard InChI is InChI=1S/C18H15BrCl2N6O2/c19-10-5-14(27(8-10)16-13(21)2-1-3-24-16)18(29)25-15-9(7-22)4-11(20)6-12(15)17(28)26-23/h1-6,8H,7,22-23H2,(H,25,29)(H,26,28). The third kappa shape index (κ3) is 4.44. The number of pyridine rings is 1. The van der Waals surface area contributed by atoms with Crippen LogP contribution in [0, 0.1) is 0 Å². The van der Waals surface area contributed by atoms with E-state index < -0.39 is 11.8 Å². The second-order valence-electron chi connectivity index (χ2n) is 5.84. The van der Waals surface area contributed by atoms with Crippen molar-refractivity contribution in [2.75, 3.05) is 5.32 Å². The van der Waals surface area contributed by atoms with Gasteiger partial charge in [0.05, 0.1) is 16.3 Å². The molecule has 0 spiro atoms. The van der Waals surface area contributed by atoms with Gasteiger partial charge in [0.15, 0.2) is 5.82 Å². The van der Waals surface area contributed by atoms with Crippen LogP contribution in [0.25, 0.3) is 5.82 Å². The summed E-state index contributed by atoms with van der Waals surface area (Å²) in [5.74, 6) is 4.50. The fourth-order valence-corrected chi connectivity index (χ4v) is 3.62. The molecular weight excluding hydrogens is 483 g/mol. The summed E-state index contributed by atoms with van der Waals surface area (Å²) in [4.78, 5) is 29.5. The van der Waals surface area contributed by atoms with Gasteiger partial charge in [-0.15, -0.1) is 0 Å². The summed E-state index contributed by atoms with van der Waals surface area (Å²) in [6, 6.07) is 7.90. The number of benzene rings is 1. The minimum Gasteiger partial charge on any atom is -0.326 e. The zero-order valence-corrected chi connectivity index (χ0v) is 17.8. The summed E-state index contributed by atoms with van der Waals surface area (Å²) in [6.07, 6.45) is 3.22. The maximum atomic E-state index is 13.1. The van der Waals surface area contributed by atoms with Crippen molar-refractivity contribution in [2.24, 2.45) is 11.6 Å². The van der Waals surface area contributed by atoms with Crippen molar-refractivity contribution >= 4 is 56.6 Å². The third-order valence-electron chi connectivity index (χ3n) is 4.01. The number of amides is 2. The molecule has 0 atom stereocenters. The molecule has 150 valence electrons. The first-order valence-electron chi connectivity index (χ1n) is 8.19. The van der Waals surface area contributed by atoms with Crippen molar-refractivity contribution in [3.63, 3.8) is 0 Å². The molecule has 0 bridgehead atoms. The minimum absolute atomic E-state index is 0.0395. The molecule has 1 aromatic carbocycles. The zero-order chi connectivity index (χ0) is 21.1. The van der Waals surface area contributed by atoms with Gasteiger partial charge in [-0.1, -0.05) is 23.2 Å². The summed E-state index contributed by atoms with van der Waals surface area (Å²) in [6.45, 7) is 0.0395. The quantitative estimate of drug-likeness (QED) is 0.244. The maximum Gasteiger partial charge on any atom is 0.272 e. The number of nitrogens with one attached hydrogen (secondary N) is 2. The van der Waals surface area contributed by atoms with E-state index in [1.807, 2.05) is 5.43 Å². The Hall–Kier alpha value is -2.43. The molecule has 0 saturated heterocycles. The Kier molecular flexibility index (Phi) is 6.56. The molecule has 3 rings (SSSR count). The average molecular weight is 498 g/mol. The lowest BCUT2D eigenvalue weighted by Gasteiger charge is -2.16. The Labute approximate surface area is 184 Å². The number of carbonyl (C=O) groups is 2. The summed E-state index contributed by atoms with van der Waals surface area (Å²) >= 11 is 15.6. The maximum absolute atomic E-state index is 13.1. The Balaban J connectivity index is 2.07. The first kappa shape index (κ1) is 21.3. The van der Waals surface area contributed by atoms with Crippen molar-refractivity contribution in [2.45, 2.75) is 6.54 Å². The molecule has 0 fully saturated rings. The zero-order valence-electron chi connectivity index (χ0n) is 14.7. The Morgan fingerprint density at radius 3 is 2.62 bits per heavy atom. The van der Waals surface area contributed by atoms with Crippen molar-refractivity contribution in [3.05, 3.63) is 74.1 Å². The fourth-order valence-electron chi connectivity index (χ4n) is 2.74. The SMILES string of the molecule is NCc1cc(Cl)cc(C(=O)NN)c1NC(=O)c1cc(Br)cn1-c1ncccc1Cl. The lowest BCUT2D eigenvalue weighted by molar-refractivity contribution is 0.0954. The van der Waals surface area contributed by atoms with E-state index in [2.05, 4.69) is 26.2 Å². The van der Waals surface area contributed by atoms with E-state index in [0.717, 1.165) is 0 Å². The van der Waals surface area contributed by atoms with Crippen LogP contribution < -0.4 is 22.3 Å². The number of nitrogen functional groups attached to an aromatic ring is 1. The summed E-state index contributed by atoms with van der Waals surface area (Å²) < 4.78 is 2.17. The van der Waals surface area contributed by atoms with Crippen LogP contribution in [0.5, 0.6) is 0 Å². The number of nitrogens with zero attached hydrogens (tertiary/aromatic N) is 2. The number of halogens is 3. The van der Waals surface area contributed by atoms with Gasteiger partial charge >= 0.3 is 0 Å². The van der Waals surface area contributed by atoms with Gasteiger partial charge in [0, 0.05) is 28.4 Å². The Bertz CT molecular complexity index is 1100. The van der Waals surface area contributed by atoms with E-state index in [-0.39, 0.29) is 28.5 Å². The van der Waals surface area contributed by atoms with E-state index in [9.17, 15) is 9.59 Å². The van der Waals surface area contributed by atoms with E-state index in [0.29, 0.717) is 20.9 Å². The average Bonchev–Trinajstić information content (AvgIpc) is 3.10. The molecule has 3 aromatic rings. The molecule has 0 saturated carbocycles. The summed E-state index contributed by atoms with van der Waals surface area (Å²) in [7, 11) is 0. The second kappa shape index (κ2) is 8.93. The van der Waals surface area contributed by atoms with Gasteiger partial charge in [0.25, 0.3) is 11.8 Å². The predicted octanol–water partition coefficient (Wildman–Crippen LogP) is 3.26. The molecule has 8 nitrogen and oxygen atoms in total. The van der Waals surface area contributed by atoms with E-state index >= 15 is 0 Å². The first-order chi connectivity index (χ1) is 13.8. The van der Waals surface area contributed by atoms with Gasteiger partial charge in [-0.05, 0) is 51.8 Å². The Morgan fingerprint density at radius 2 is 1.97 bits per heavy atom. The molecule has 29 heavy (non-hydrogen) atoms. The van der Waals surface area contributed by atoms with Crippen molar-refractivity contribution in [1.82, 2.24) is 15.0 Å². The fraction of sp³-hybridized carbons (Fsp3) is 0.0556. The predicted molar refractivity (Wildman–Crippen MR) is 115 cm³/mol. The Morgan fingerprint density at radius 1 is 1.21 bits per heavy atom. The highest BCUT2D eigenvalue weighted by Gasteiger charge is 2.22. The lowest BCUT2D eigenvalue weighted by atomic mass is 10.1. The number of hydrazine groups is 1. The van der Waals surface area contributed by atoms with E-state index in [1.54, 1.807) is 36.7 Å². The second-order valence-corrected chi connectivity index (χ2v) is 7.60. The van der Waals surface area contributed by atoms with E-state index in [4.69, 9.17) is 34.8 Å². The van der Waals surface area contributed by atoms with Crippen LogP contribution in [0.3, 0.4) is 0 Å². The summed E-state index contributed by atoms with van der Waals surface area (Å²) in [5, 5.41) is 3.37. The number of rotatable bonds is 5. The smallest absolute Gasteiger partial charge is 0.272 e. The van der Waals surface area contributed by atoms with Gasteiger partial charge < -0.3 is 11.1 Å². The van der Waals surface area contributed by atoms with Crippen LogP contribution in [0.4, 0.5) is 5.69 Å². The number of nitrogens with two attached hydrogens (primary N) is 2. The van der Waals surface area contributed by atoms with Gasteiger partial charge in [-0.2, -0.15) is 0 Å². The lowest BCUT2D eigenvalue weighted by Crippen LogP contribution is -2.31. The van der Waals surface area contributed by atoms with Crippen molar-refractivity contribution in [1.29, 1.82) is 0 Å². The molecule has 2 amide bonds. The molecule has 6 N–H and O–H groups in total. The van der Waals surface area contributed by atoms with Gasteiger partial charge in [0.2, 0.25) is 0 Å². The molecule has 0 aliphatic rings. The van der Waals surface area contributed by atoms with Crippen LogP contribution in [0.1, 0.15) is 26.4 Å². The molecule has 0 aliphatic heterocycles. The van der Waals surface area contributed by atoms with E-state index in [1.165, 1.54) is 10.6 Å². The molecule has 0 aliphatic carbocycles. The molecule has 0 radical (unpaired) electrons. The van der Waals surface area contributed by atoms with Crippen LogP contribution in [0.15, 0.2) is 47.2 Å². The highest BCUT2D eigenvalue weighted by atomic mass is 79.9. The van der Waals surface area contributed by atoms with Crippen molar-refractivity contribution < 1.29 is 9.59 Å². The summed E-state index contributed by atoms with van der Waals surface area (Å²) in [5.41, 5.74) is 8.80. The molecule has 2 aromatic heterocycles. The molecular formula is C18H15BrCl2N6O2. The monoisotopic (exact) mass is 496 g/mol. The molecule has 0 unspecified atom stereocenters. The first-order valence-corrected chi connectivity index (χ1v) is 9.74. The normalized spacial score (nSPS) is 10.7. The van der Waals surface area contributed by atoms with Gasteiger partial charge in [-0.3, -0.25) is 19.6 Å². The topological polar surface area (TPSA) is 128 Å². The highest BCUT2D eigenvalue weighted by Crippen LogP contribution is 2.28. The van der Waals surface area contributed by atoms with Gasteiger partial charge in [0.1, 0.15) is 5.69 Å². The number of carbonyl (C=O) groups excluding carboxylic acids is 2. The van der Waals surface area contributed by atoms with Crippen molar-refractivity contribution in [3.8, 4) is 5.82 Å². The molecule has 11 heteroatoms. The number of aromatic nitrogens is 2. The van der Waals surface area contributed by atoms with Crippen LogP contribution >= 0.6 is 39.1 Å². The number of hydrogen-bond acceptors (Lipinski definition) is 5. The van der Waals surface area contributed by atoms with Crippen LogP contribution in [-0.4, -0.2) is 21.4 Å². The van der Waals surface area contributed by atoms with Gasteiger partial charge in [-0.25, -0.2) is 10.8 Å². The van der Waals surface area contributed by atoms with Crippen LogP contribution in [-0.2, 0) is 6.54 Å². The number of anilines is 1. The third-order valence-corrected chi connectivity index (χ3v) is 4.95. The highest BCUT2D eigenvalue weighted by molar-refractivity contribution is 9.10. The number of hydrogen-bond donors (Lipinski definition) is 4. The molecule has 2 heterocycles. The largest absolute Gasteiger partial charge is 0.326 e. The van der Waals surface area contributed by atoms with Crippen LogP contribution in [0.2, 0.25) is 10.0 Å². The minimum atomic E-state index is -0.623.